The fourth-order valence-electron chi connectivity index (χ4n) is 2.94. The number of piperidine rings is 1. The van der Waals surface area contributed by atoms with E-state index >= 15 is 0 Å². The van der Waals surface area contributed by atoms with Crippen molar-refractivity contribution in [2.24, 2.45) is 11.8 Å². The zero-order chi connectivity index (χ0) is 14.7. The monoisotopic (exact) mass is 296 g/mol. The van der Waals surface area contributed by atoms with Crippen LogP contribution in [-0.4, -0.2) is 23.2 Å². The second kappa shape index (κ2) is 6.90. The lowest BCUT2D eigenvalue weighted by atomic mass is 9.87. The van der Waals surface area contributed by atoms with Crippen molar-refractivity contribution < 1.29 is 5.11 Å². The maximum Gasteiger partial charge on any atom is 0.185 e. The van der Waals surface area contributed by atoms with Crippen molar-refractivity contribution in [1.29, 1.82) is 0 Å². The van der Waals surface area contributed by atoms with Gasteiger partial charge in [-0.1, -0.05) is 39.0 Å². The number of aliphatic hydroxyl groups excluding tert-OH is 1. The van der Waals surface area contributed by atoms with Gasteiger partial charge in [-0.05, 0) is 37.0 Å². The molecule has 1 aliphatic rings. The van der Waals surface area contributed by atoms with E-state index in [1.807, 2.05) is 0 Å². The summed E-state index contributed by atoms with van der Waals surface area (Å²) in [7, 11) is 0. The van der Waals surface area contributed by atoms with Crippen LogP contribution in [0.15, 0.2) is 0 Å². The van der Waals surface area contributed by atoms with E-state index < -0.39 is 0 Å². The normalized spacial score (nSPS) is 18.8. The van der Waals surface area contributed by atoms with E-state index in [1.165, 1.54) is 12.8 Å². The van der Waals surface area contributed by atoms with Crippen LogP contribution in [0.4, 0.5) is 5.13 Å². The van der Waals surface area contributed by atoms with Gasteiger partial charge in [-0.3, -0.25) is 0 Å². The zero-order valence-electron chi connectivity index (χ0n) is 13.2. The molecule has 0 aromatic carbocycles. The standard InChI is InChI=1S/C16H28N2OS/c1-5-12(4)15-14(10-19)20-16(17-15)18-8-6-13(7-9-18)11(2)3/h11-13,19H,5-10H2,1-4H3. The van der Waals surface area contributed by atoms with Crippen molar-refractivity contribution >= 4 is 16.5 Å². The Bertz CT molecular complexity index is 422. The topological polar surface area (TPSA) is 36.4 Å². The number of hydrogen-bond donors (Lipinski definition) is 1. The Morgan fingerprint density at radius 3 is 2.45 bits per heavy atom. The molecule has 114 valence electrons. The van der Waals surface area contributed by atoms with Crippen molar-refractivity contribution in [2.75, 3.05) is 18.0 Å². The lowest BCUT2D eigenvalue weighted by molar-refractivity contribution is 0.283. The van der Waals surface area contributed by atoms with Gasteiger partial charge in [0.1, 0.15) is 0 Å². The van der Waals surface area contributed by atoms with Crippen LogP contribution in [0, 0.1) is 11.8 Å². The van der Waals surface area contributed by atoms with Crippen molar-refractivity contribution in [3.63, 3.8) is 0 Å². The molecule has 1 aromatic rings. The molecule has 1 saturated heterocycles. The van der Waals surface area contributed by atoms with Crippen molar-refractivity contribution in [3.8, 4) is 0 Å². The first kappa shape index (κ1) is 15.8. The van der Waals surface area contributed by atoms with Gasteiger partial charge in [-0.25, -0.2) is 4.98 Å². The Morgan fingerprint density at radius 1 is 1.30 bits per heavy atom. The third kappa shape index (κ3) is 3.34. The number of aromatic nitrogens is 1. The van der Waals surface area contributed by atoms with Crippen molar-refractivity contribution in [3.05, 3.63) is 10.6 Å². The summed E-state index contributed by atoms with van der Waals surface area (Å²) < 4.78 is 0. The van der Waals surface area contributed by atoms with Gasteiger partial charge < -0.3 is 10.0 Å². The Labute approximate surface area is 127 Å². The number of thiazole rings is 1. The van der Waals surface area contributed by atoms with E-state index in [2.05, 4.69) is 32.6 Å². The SMILES string of the molecule is CCC(C)c1nc(N2CCC(C(C)C)CC2)sc1CO. The molecule has 0 bridgehead atoms. The Hall–Kier alpha value is -0.610. The highest BCUT2D eigenvalue weighted by atomic mass is 32.1. The fraction of sp³-hybridized carbons (Fsp3) is 0.812. The lowest BCUT2D eigenvalue weighted by Gasteiger charge is -2.33. The third-order valence-corrected chi connectivity index (χ3v) is 5.81. The molecule has 0 aliphatic carbocycles. The first-order valence-corrected chi connectivity index (χ1v) is 8.73. The van der Waals surface area contributed by atoms with E-state index in [0.717, 1.165) is 47.0 Å². The van der Waals surface area contributed by atoms with Crippen LogP contribution in [0.25, 0.3) is 0 Å². The molecular weight excluding hydrogens is 268 g/mol. The Balaban J connectivity index is 2.08. The largest absolute Gasteiger partial charge is 0.391 e. The predicted octanol–water partition coefficient (Wildman–Crippen LogP) is 4.02. The first-order valence-electron chi connectivity index (χ1n) is 7.92. The summed E-state index contributed by atoms with van der Waals surface area (Å²) in [5.41, 5.74) is 1.11. The first-order chi connectivity index (χ1) is 9.56. The smallest absolute Gasteiger partial charge is 0.185 e. The number of nitrogens with zero attached hydrogens (tertiary/aromatic N) is 2. The van der Waals surface area contributed by atoms with Gasteiger partial charge in [0, 0.05) is 13.1 Å². The second-order valence-corrected chi connectivity index (χ2v) is 7.40. The summed E-state index contributed by atoms with van der Waals surface area (Å²) in [6.45, 7) is 11.4. The Kier molecular flexibility index (Phi) is 5.44. The molecule has 2 heterocycles. The number of hydrogen-bond acceptors (Lipinski definition) is 4. The summed E-state index contributed by atoms with van der Waals surface area (Å²) >= 11 is 1.68. The highest BCUT2D eigenvalue weighted by molar-refractivity contribution is 7.15. The van der Waals surface area contributed by atoms with Crippen LogP contribution in [0.2, 0.25) is 0 Å². The third-order valence-electron chi connectivity index (χ3n) is 4.69. The molecule has 1 N–H and O–H groups in total. The molecule has 2 rings (SSSR count). The second-order valence-electron chi connectivity index (χ2n) is 6.34. The van der Waals surface area contributed by atoms with Gasteiger partial charge in [-0.2, -0.15) is 0 Å². The van der Waals surface area contributed by atoms with Gasteiger partial charge in [0.25, 0.3) is 0 Å². The molecule has 0 amide bonds. The summed E-state index contributed by atoms with van der Waals surface area (Å²) in [6.07, 6.45) is 3.61. The molecule has 4 heteroatoms. The molecule has 1 atom stereocenters. The quantitative estimate of drug-likeness (QED) is 0.891. The maximum absolute atomic E-state index is 9.54. The minimum Gasteiger partial charge on any atom is -0.391 e. The summed E-state index contributed by atoms with van der Waals surface area (Å²) in [4.78, 5) is 8.30. The maximum atomic E-state index is 9.54. The van der Waals surface area contributed by atoms with Crippen molar-refractivity contribution in [2.45, 2.75) is 59.5 Å². The molecule has 0 spiro atoms. The Morgan fingerprint density at radius 2 is 1.95 bits per heavy atom. The van der Waals surface area contributed by atoms with Crippen LogP contribution >= 0.6 is 11.3 Å². The van der Waals surface area contributed by atoms with Crippen LogP contribution in [0.5, 0.6) is 0 Å². The molecule has 1 unspecified atom stereocenters. The van der Waals surface area contributed by atoms with E-state index in [0.29, 0.717) is 5.92 Å². The van der Waals surface area contributed by atoms with Gasteiger partial charge in [0.05, 0.1) is 17.2 Å². The minimum absolute atomic E-state index is 0.125. The average Bonchev–Trinajstić information content (AvgIpc) is 2.90. The minimum atomic E-state index is 0.125. The molecular formula is C16H28N2OS. The average molecular weight is 296 g/mol. The molecule has 1 aliphatic heterocycles. The molecule has 20 heavy (non-hydrogen) atoms. The van der Waals surface area contributed by atoms with Gasteiger partial charge >= 0.3 is 0 Å². The molecule has 1 aromatic heterocycles. The van der Waals surface area contributed by atoms with Gasteiger partial charge in [-0.15, -0.1) is 0 Å². The summed E-state index contributed by atoms with van der Waals surface area (Å²) in [5, 5.41) is 10.7. The van der Waals surface area contributed by atoms with E-state index in [1.54, 1.807) is 11.3 Å². The number of rotatable bonds is 5. The van der Waals surface area contributed by atoms with E-state index in [9.17, 15) is 5.11 Å². The predicted molar refractivity (Wildman–Crippen MR) is 86.5 cm³/mol. The van der Waals surface area contributed by atoms with E-state index in [4.69, 9.17) is 4.98 Å². The zero-order valence-corrected chi connectivity index (χ0v) is 14.0. The van der Waals surface area contributed by atoms with Gasteiger partial charge in [0.2, 0.25) is 0 Å². The van der Waals surface area contributed by atoms with Crippen molar-refractivity contribution in [1.82, 2.24) is 4.98 Å². The number of anilines is 1. The number of aliphatic hydroxyl groups is 1. The fourth-order valence-corrected chi connectivity index (χ4v) is 4.03. The highest BCUT2D eigenvalue weighted by Crippen LogP contribution is 2.35. The van der Waals surface area contributed by atoms with Crippen LogP contribution in [0.3, 0.4) is 0 Å². The molecule has 0 saturated carbocycles. The highest BCUT2D eigenvalue weighted by Gasteiger charge is 2.25. The molecule has 1 fully saturated rings. The van der Waals surface area contributed by atoms with E-state index in [-0.39, 0.29) is 6.61 Å². The van der Waals surface area contributed by atoms with Crippen LogP contribution in [0.1, 0.15) is 63.4 Å². The van der Waals surface area contributed by atoms with Crippen LogP contribution in [-0.2, 0) is 6.61 Å². The molecule has 3 nitrogen and oxygen atoms in total. The molecule has 0 radical (unpaired) electrons. The summed E-state index contributed by atoms with van der Waals surface area (Å²) in [6, 6.07) is 0. The van der Waals surface area contributed by atoms with Crippen LogP contribution < -0.4 is 4.90 Å². The lowest BCUT2D eigenvalue weighted by Crippen LogP contribution is -2.35. The summed E-state index contributed by atoms with van der Waals surface area (Å²) in [5.74, 6) is 2.09. The van der Waals surface area contributed by atoms with Gasteiger partial charge in [0.15, 0.2) is 5.13 Å².